The second-order valence-corrected chi connectivity index (χ2v) is 4.21. The number of hydrogen-bond acceptors (Lipinski definition) is 3. The number of carboxylic acid groups (broad SMARTS) is 1. The van der Waals surface area contributed by atoms with Crippen molar-refractivity contribution in [2.75, 3.05) is 26.7 Å². The normalized spacial score (nSPS) is 12.6. The van der Waals surface area contributed by atoms with Gasteiger partial charge in [0.2, 0.25) is 0 Å². The number of carbonyl (C=O) groups is 1. The summed E-state index contributed by atoms with van der Waals surface area (Å²) in [5, 5.41) is 9.25. The number of hydrogen-bond donors (Lipinski definition) is 2. The summed E-state index contributed by atoms with van der Waals surface area (Å²) in [5.41, 5.74) is 6.28. The monoisotopic (exact) mass is 236 g/mol. The van der Waals surface area contributed by atoms with Crippen molar-refractivity contribution in [3.8, 4) is 0 Å². The van der Waals surface area contributed by atoms with Crippen LogP contribution in [0.3, 0.4) is 0 Å². The Bertz CT molecular complexity index is 341. The molecule has 1 aromatic carbocycles. The van der Waals surface area contributed by atoms with Crippen LogP contribution >= 0.6 is 0 Å². The van der Waals surface area contributed by atoms with Crippen LogP contribution in [0, 0.1) is 0 Å². The summed E-state index contributed by atoms with van der Waals surface area (Å²) in [6.45, 7) is 1.97. The summed E-state index contributed by atoms with van der Waals surface area (Å²) in [5.74, 6) is -1.25. The van der Waals surface area contributed by atoms with Gasteiger partial charge in [-0.1, -0.05) is 30.3 Å². The fourth-order valence-corrected chi connectivity index (χ4v) is 1.78. The summed E-state index contributed by atoms with van der Waals surface area (Å²) in [6, 6.07) is 9.34. The minimum Gasteiger partial charge on any atom is -0.481 e. The first-order chi connectivity index (χ1) is 8.15. The minimum absolute atomic E-state index is 0.473. The van der Waals surface area contributed by atoms with E-state index >= 15 is 0 Å². The summed E-state index contributed by atoms with van der Waals surface area (Å²) in [6.07, 6.45) is 0.887. The van der Waals surface area contributed by atoms with Gasteiger partial charge < -0.3 is 15.7 Å². The Morgan fingerprint density at radius 1 is 1.41 bits per heavy atom. The standard InChI is InChI=1S/C13H20N2O2/c1-15(9-5-8-14)10-12(13(16)17)11-6-3-2-4-7-11/h2-4,6-7,12H,5,8-10,14H2,1H3,(H,16,17). The lowest BCUT2D eigenvalue weighted by molar-refractivity contribution is -0.139. The topological polar surface area (TPSA) is 66.6 Å². The van der Waals surface area contributed by atoms with Gasteiger partial charge in [-0.3, -0.25) is 4.79 Å². The van der Waals surface area contributed by atoms with Gasteiger partial charge in [-0.15, -0.1) is 0 Å². The molecule has 1 unspecified atom stereocenters. The quantitative estimate of drug-likeness (QED) is 0.745. The van der Waals surface area contributed by atoms with Crippen molar-refractivity contribution in [1.29, 1.82) is 0 Å². The van der Waals surface area contributed by atoms with Crippen LogP contribution in [0.15, 0.2) is 30.3 Å². The summed E-state index contributed by atoms with van der Waals surface area (Å²) in [4.78, 5) is 13.3. The Labute approximate surface area is 102 Å². The Balaban J connectivity index is 2.65. The Kier molecular flexibility index (Phi) is 5.66. The van der Waals surface area contributed by atoms with Gasteiger partial charge in [0.05, 0.1) is 5.92 Å². The predicted octanol–water partition coefficient (Wildman–Crippen LogP) is 1.14. The van der Waals surface area contributed by atoms with Crippen LogP contribution in [-0.4, -0.2) is 42.7 Å². The zero-order valence-corrected chi connectivity index (χ0v) is 10.2. The minimum atomic E-state index is -0.782. The third kappa shape index (κ3) is 4.54. The first-order valence-corrected chi connectivity index (χ1v) is 5.81. The first-order valence-electron chi connectivity index (χ1n) is 5.81. The third-order valence-electron chi connectivity index (χ3n) is 2.74. The molecule has 1 aromatic rings. The van der Waals surface area contributed by atoms with Gasteiger partial charge in [0.1, 0.15) is 0 Å². The molecule has 17 heavy (non-hydrogen) atoms. The molecular weight excluding hydrogens is 216 g/mol. The van der Waals surface area contributed by atoms with Crippen molar-refractivity contribution >= 4 is 5.97 Å². The molecule has 0 heterocycles. The maximum atomic E-state index is 11.3. The molecule has 0 aromatic heterocycles. The van der Waals surface area contributed by atoms with Crippen molar-refractivity contribution in [3.05, 3.63) is 35.9 Å². The fraction of sp³-hybridized carbons (Fsp3) is 0.462. The number of likely N-dealkylation sites (N-methyl/N-ethyl adjacent to an activating group) is 1. The molecule has 0 fully saturated rings. The van der Waals surface area contributed by atoms with Crippen molar-refractivity contribution in [2.45, 2.75) is 12.3 Å². The molecule has 0 spiro atoms. The molecule has 0 bridgehead atoms. The summed E-state index contributed by atoms with van der Waals surface area (Å²) >= 11 is 0. The van der Waals surface area contributed by atoms with Crippen LogP contribution in [0.1, 0.15) is 17.9 Å². The van der Waals surface area contributed by atoms with Gasteiger partial charge >= 0.3 is 5.97 Å². The summed E-state index contributed by atoms with van der Waals surface area (Å²) < 4.78 is 0. The maximum Gasteiger partial charge on any atom is 0.312 e. The first kappa shape index (κ1) is 13.7. The maximum absolute atomic E-state index is 11.3. The van der Waals surface area contributed by atoms with Gasteiger partial charge in [0.15, 0.2) is 0 Å². The van der Waals surface area contributed by atoms with Gasteiger partial charge in [-0.05, 0) is 32.1 Å². The molecule has 94 valence electrons. The highest BCUT2D eigenvalue weighted by atomic mass is 16.4. The molecule has 0 saturated heterocycles. The van der Waals surface area contributed by atoms with E-state index in [0.717, 1.165) is 18.5 Å². The van der Waals surface area contributed by atoms with Crippen molar-refractivity contribution in [2.24, 2.45) is 5.73 Å². The molecule has 1 atom stereocenters. The van der Waals surface area contributed by atoms with Gasteiger partial charge in [-0.2, -0.15) is 0 Å². The van der Waals surface area contributed by atoms with E-state index in [9.17, 15) is 9.90 Å². The highest BCUT2D eigenvalue weighted by Gasteiger charge is 2.20. The Hall–Kier alpha value is -1.39. The van der Waals surface area contributed by atoms with Crippen LogP contribution in [0.2, 0.25) is 0 Å². The number of benzene rings is 1. The molecule has 0 aliphatic heterocycles. The van der Waals surface area contributed by atoms with E-state index in [4.69, 9.17) is 5.73 Å². The molecule has 0 aliphatic rings. The lowest BCUT2D eigenvalue weighted by atomic mass is 9.99. The lowest BCUT2D eigenvalue weighted by Crippen LogP contribution is -2.30. The lowest BCUT2D eigenvalue weighted by Gasteiger charge is -2.21. The fourth-order valence-electron chi connectivity index (χ4n) is 1.78. The second kappa shape index (κ2) is 7.04. The van der Waals surface area contributed by atoms with Crippen LogP contribution in [-0.2, 0) is 4.79 Å². The summed E-state index contributed by atoms with van der Waals surface area (Å²) in [7, 11) is 1.93. The van der Waals surface area contributed by atoms with E-state index in [1.165, 1.54) is 0 Å². The van der Waals surface area contributed by atoms with Crippen molar-refractivity contribution in [1.82, 2.24) is 4.90 Å². The van der Waals surface area contributed by atoms with E-state index < -0.39 is 11.9 Å². The number of rotatable bonds is 7. The Morgan fingerprint density at radius 3 is 2.59 bits per heavy atom. The average Bonchev–Trinajstić information content (AvgIpc) is 2.34. The van der Waals surface area contributed by atoms with Crippen molar-refractivity contribution in [3.63, 3.8) is 0 Å². The van der Waals surface area contributed by atoms with E-state index in [1.54, 1.807) is 0 Å². The highest BCUT2D eigenvalue weighted by Crippen LogP contribution is 2.16. The zero-order valence-electron chi connectivity index (χ0n) is 10.2. The van der Waals surface area contributed by atoms with Crippen LogP contribution in [0.4, 0.5) is 0 Å². The molecule has 3 N–H and O–H groups in total. The van der Waals surface area contributed by atoms with Gasteiger partial charge in [-0.25, -0.2) is 0 Å². The van der Waals surface area contributed by atoms with E-state index in [1.807, 2.05) is 42.3 Å². The Morgan fingerprint density at radius 2 is 2.06 bits per heavy atom. The van der Waals surface area contributed by atoms with E-state index in [2.05, 4.69) is 0 Å². The largest absolute Gasteiger partial charge is 0.481 e. The second-order valence-electron chi connectivity index (χ2n) is 4.21. The predicted molar refractivity (Wildman–Crippen MR) is 68.0 cm³/mol. The molecule has 0 amide bonds. The van der Waals surface area contributed by atoms with Crippen molar-refractivity contribution < 1.29 is 9.90 Å². The molecule has 0 saturated carbocycles. The third-order valence-corrected chi connectivity index (χ3v) is 2.74. The zero-order chi connectivity index (χ0) is 12.7. The number of nitrogens with two attached hydrogens (primary N) is 1. The molecule has 0 aliphatic carbocycles. The number of nitrogens with zero attached hydrogens (tertiary/aromatic N) is 1. The van der Waals surface area contributed by atoms with Crippen LogP contribution in [0.5, 0.6) is 0 Å². The van der Waals surface area contributed by atoms with E-state index in [-0.39, 0.29) is 0 Å². The van der Waals surface area contributed by atoms with Crippen LogP contribution in [0.25, 0.3) is 0 Å². The molecular formula is C13H20N2O2. The average molecular weight is 236 g/mol. The van der Waals surface area contributed by atoms with Crippen LogP contribution < -0.4 is 5.73 Å². The number of aliphatic carboxylic acids is 1. The molecule has 1 rings (SSSR count). The highest BCUT2D eigenvalue weighted by molar-refractivity contribution is 5.76. The molecule has 0 radical (unpaired) electrons. The molecule has 4 nitrogen and oxygen atoms in total. The van der Waals surface area contributed by atoms with E-state index in [0.29, 0.717) is 13.1 Å². The number of carboxylic acids is 1. The SMILES string of the molecule is CN(CCCN)CC(C(=O)O)c1ccccc1. The smallest absolute Gasteiger partial charge is 0.312 e. The van der Waals surface area contributed by atoms with Gasteiger partial charge in [0.25, 0.3) is 0 Å². The van der Waals surface area contributed by atoms with Gasteiger partial charge in [0, 0.05) is 6.54 Å². The molecule has 4 heteroatoms.